The zero-order valence-electron chi connectivity index (χ0n) is 16.6. The van der Waals surface area contributed by atoms with Gasteiger partial charge in [-0.05, 0) is 61.6 Å². The lowest BCUT2D eigenvalue weighted by molar-refractivity contribution is -0.121. The van der Waals surface area contributed by atoms with Gasteiger partial charge in [-0.2, -0.15) is 0 Å². The fourth-order valence-electron chi connectivity index (χ4n) is 4.17. The maximum Gasteiger partial charge on any atom is 0.224 e. The van der Waals surface area contributed by atoms with E-state index in [0.717, 1.165) is 42.6 Å². The van der Waals surface area contributed by atoms with Crippen molar-refractivity contribution in [1.29, 1.82) is 0 Å². The molecule has 1 amide bonds. The minimum atomic E-state index is 0.0671. The van der Waals surface area contributed by atoms with Crippen molar-refractivity contribution in [3.63, 3.8) is 0 Å². The summed E-state index contributed by atoms with van der Waals surface area (Å²) < 4.78 is 7.83. The lowest BCUT2D eigenvalue weighted by atomic mass is 9.91. The normalized spacial score (nSPS) is 19.2. The van der Waals surface area contributed by atoms with Crippen molar-refractivity contribution < 1.29 is 9.53 Å². The highest BCUT2D eigenvalue weighted by atomic mass is 16.5. The van der Waals surface area contributed by atoms with Gasteiger partial charge < -0.3 is 20.4 Å². The molecule has 0 saturated heterocycles. The van der Waals surface area contributed by atoms with E-state index in [1.807, 2.05) is 36.5 Å². The number of rotatable bonds is 7. The zero-order chi connectivity index (χ0) is 20.1. The van der Waals surface area contributed by atoms with Crippen molar-refractivity contribution in [1.82, 2.24) is 14.9 Å². The average Bonchev–Trinajstić information content (AvgIpc) is 3.17. The van der Waals surface area contributed by atoms with E-state index in [-0.39, 0.29) is 11.9 Å². The van der Waals surface area contributed by atoms with Gasteiger partial charge in [0.1, 0.15) is 18.0 Å². The van der Waals surface area contributed by atoms with Crippen LogP contribution in [0.15, 0.2) is 54.9 Å². The molecule has 6 nitrogen and oxygen atoms in total. The Morgan fingerprint density at radius 3 is 2.86 bits per heavy atom. The van der Waals surface area contributed by atoms with E-state index >= 15 is 0 Å². The molecule has 0 aliphatic heterocycles. The zero-order valence-corrected chi connectivity index (χ0v) is 16.6. The number of hydrogen-bond acceptors (Lipinski definition) is 4. The second-order valence-electron chi connectivity index (χ2n) is 7.67. The topological polar surface area (TPSA) is 82.2 Å². The van der Waals surface area contributed by atoms with E-state index in [1.165, 1.54) is 5.39 Å². The van der Waals surface area contributed by atoms with E-state index in [9.17, 15) is 4.79 Å². The Morgan fingerprint density at radius 1 is 1.17 bits per heavy atom. The van der Waals surface area contributed by atoms with Crippen LogP contribution in [0.25, 0.3) is 11.0 Å². The number of carbonyl (C=O) groups is 1. The molecule has 6 heteroatoms. The summed E-state index contributed by atoms with van der Waals surface area (Å²) in [6.07, 6.45) is 8.43. The van der Waals surface area contributed by atoms with Crippen LogP contribution in [0.4, 0.5) is 0 Å². The summed E-state index contributed by atoms with van der Waals surface area (Å²) in [5, 5.41) is 4.39. The van der Waals surface area contributed by atoms with Crippen LogP contribution in [0.3, 0.4) is 0 Å². The molecule has 1 aliphatic carbocycles. The number of nitrogens with two attached hydrogens (primary N) is 1. The molecule has 0 spiro atoms. The van der Waals surface area contributed by atoms with Crippen LogP contribution < -0.4 is 15.8 Å². The Balaban J connectivity index is 1.29. The molecule has 152 valence electrons. The molecular formula is C23H28N4O2. The van der Waals surface area contributed by atoms with Crippen LogP contribution in [0, 0.1) is 0 Å². The molecule has 1 saturated carbocycles. The number of benzene rings is 1. The Bertz CT molecular complexity index is 960. The van der Waals surface area contributed by atoms with Crippen molar-refractivity contribution in [2.75, 3.05) is 13.2 Å². The van der Waals surface area contributed by atoms with Crippen molar-refractivity contribution in [2.45, 2.75) is 44.2 Å². The van der Waals surface area contributed by atoms with Gasteiger partial charge in [0.05, 0.1) is 6.42 Å². The van der Waals surface area contributed by atoms with Gasteiger partial charge in [0.25, 0.3) is 0 Å². The number of fused-ring (bicyclic) bond motifs is 1. The van der Waals surface area contributed by atoms with E-state index in [0.29, 0.717) is 25.6 Å². The molecule has 29 heavy (non-hydrogen) atoms. The minimum absolute atomic E-state index is 0.0671. The summed E-state index contributed by atoms with van der Waals surface area (Å²) in [4.78, 5) is 17.0. The highest BCUT2D eigenvalue weighted by molar-refractivity contribution is 5.79. The number of carbonyl (C=O) groups excluding carboxylic acids is 1. The van der Waals surface area contributed by atoms with Gasteiger partial charge in [-0.25, -0.2) is 4.98 Å². The van der Waals surface area contributed by atoms with Crippen LogP contribution in [0.1, 0.15) is 37.3 Å². The standard InChI is InChI=1S/C23H28N4O2/c24-11-14-29-21-5-1-3-17(15-21)16-22(28)26-19-6-8-20(9-7-19)27-13-10-18-4-2-12-25-23(18)27/h1-5,10,12-13,15,19-20H,6-9,11,14,16,24H2,(H,26,28). The van der Waals surface area contributed by atoms with Crippen LogP contribution in [0.2, 0.25) is 0 Å². The molecule has 3 aromatic rings. The summed E-state index contributed by atoms with van der Waals surface area (Å²) in [5.74, 6) is 0.825. The smallest absolute Gasteiger partial charge is 0.224 e. The molecule has 0 radical (unpaired) electrons. The van der Waals surface area contributed by atoms with Gasteiger partial charge in [-0.1, -0.05) is 12.1 Å². The van der Waals surface area contributed by atoms with Gasteiger partial charge in [0, 0.05) is 36.4 Å². The molecule has 2 aromatic heterocycles. The molecule has 3 N–H and O–H groups in total. The molecule has 1 aliphatic rings. The Labute approximate surface area is 171 Å². The molecule has 1 aromatic carbocycles. The van der Waals surface area contributed by atoms with Gasteiger partial charge in [-0.3, -0.25) is 4.79 Å². The molecule has 0 bridgehead atoms. The SMILES string of the molecule is NCCOc1cccc(CC(=O)NC2CCC(n3ccc4cccnc43)CC2)c1. The van der Waals surface area contributed by atoms with Crippen LogP contribution >= 0.6 is 0 Å². The average molecular weight is 393 g/mol. The lowest BCUT2D eigenvalue weighted by Gasteiger charge is -2.30. The van der Waals surface area contributed by atoms with E-state index in [2.05, 4.69) is 33.2 Å². The Morgan fingerprint density at radius 2 is 2.03 bits per heavy atom. The number of pyridine rings is 1. The van der Waals surface area contributed by atoms with Gasteiger partial charge in [0.15, 0.2) is 0 Å². The summed E-state index contributed by atoms with van der Waals surface area (Å²) in [6.45, 7) is 0.952. The predicted octanol–water partition coefficient (Wildman–Crippen LogP) is 3.22. The second-order valence-corrected chi connectivity index (χ2v) is 7.67. The molecular weight excluding hydrogens is 364 g/mol. The third kappa shape index (κ3) is 4.77. The number of aromatic nitrogens is 2. The molecule has 0 atom stereocenters. The summed E-state index contributed by atoms with van der Waals surface area (Å²) >= 11 is 0. The first-order chi connectivity index (χ1) is 14.2. The van der Waals surface area contributed by atoms with Crippen LogP contribution in [-0.2, 0) is 11.2 Å². The Kier molecular flexibility index (Phi) is 6.10. The van der Waals surface area contributed by atoms with Crippen molar-refractivity contribution >= 4 is 16.9 Å². The number of nitrogens with zero attached hydrogens (tertiary/aromatic N) is 2. The highest BCUT2D eigenvalue weighted by Gasteiger charge is 2.24. The quantitative estimate of drug-likeness (QED) is 0.647. The molecule has 2 heterocycles. The first-order valence-corrected chi connectivity index (χ1v) is 10.4. The fraction of sp³-hybridized carbons (Fsp3) is 0.391. The fourth-order valence-corrected chi connectivity index (χ4v) is 4.17. The van der Waals surface area contributed by atoms with Gasteiger partial charge >= 0.3 is 0 Å². The molecule has 1 fully saturated rings. The molecule has 4 rings (SSSR count). The third-order valence-electron chi connectivity index (χ3n) is 5.58. The second kappa shape index (κ2) is 9.09. The van der Waals surface area contributed by atoms with Crippen LogP contribution in [-0.4, -0.2) is 34.7 Å². The van der Waals surface area contributed by atoms with Gasteiger partial charge in [0.2, 0.25) is 5.91 Å². The van der Waals surface area contributed by atoms with Gasteiger partial charge in [-0.15, -0.1) is 0 Å². The minimum Gasteiger partial charge on any atom is -0.492 e. The van der Waals surface area contributed by atoms with Crippen molar-refractivity contribution in [3.05, 3.63) is 60.4 Å². The van der Waals surface area contributed by atoms with Crippen molar-refractivity contribution in [2.24, 2.45) is 5.73 Å². The third-order valence-corrected chi connectivity index (χ3v) is 5.58. The first kappa shape index (κ1) is 19.5. The first-order valence-electron chi connectivity index (χ1n) is 10.4. The summed E-state index contributed by atoms with van der Waals surface area (Å²) in [6, 6.07) is 14.6. The number of ether oxygens (including phenoxy) is 1. The van der Waals surface area contributed by atoms with E-state index < -0.39 is 0 Å². The predicted molar refractivity (Wildman–Crippen MR) is 114 cm³/mol. The molecule has 0 unspecified atom stereocenters. The Hall–Kier alpha value is -2.86. The monoisotopic (exact) mass is 392 g/mol. The van der Waals surface area contributed by atoms with E-state index in [4.69, 9.17) is 10.5 Å². The largest absolute Gasteiger partial charge is 0.492 e. The van der Waals surface area contributed by atoms with E-state index in [1.54, 1.807) is 0 Å². The van der Waals surface area contributed by atoms with Crippen LogP contribution in [0.5, 0.6) is 5.75 Å². The lowest BCUT2D eigenvalue weighted by Crippen LogP contribution is -2.38. The highest BCUT2D eigenvalue weighted by Crippen LogP contribution is 2.31. The summed E-state index contributed by atoms with van der Waals surface area (Å²) in [5.41, 5.74) is 7.48. The number of amides is 1. The number of hydrogen-bond donors (Lipinski definition) is 2. The van der Waals surface area contributed by atoms with Crippen molar-refractivity contribution in [3.8, 4) is 5.75 Å². The maximum absolute atomic E-state index is 12.5. The maximum atomic E-state index is 12.5. The summed E-state index contributed by atoms with van der Waals surface area (Å²) in [7, 11) is 0. The number of nitrogens with one attached hydrogen (secondary N) is 1.